The van der Waals surface area contributed by atoms with Crippen molar-refractivity contribution in [3.05, 3.63) is 24.3 Å². The van der Waals surface area contributed by atoms with Crippen molar-refractivity contribution in [2.75, 3.05) is 0 Å². The van der Waals surface area contributed by atoms with Crippen molar-refractivity contribution in [1.29, 1.82) is 0 Å². The van der Waals surface area contributed by atoms with Gasteiger partial charge in [-0.15, -0.1) is 0 Å². The van der Waals surface area contributed by atoms with Gasteiger partial charge in [-0.3, -0.25) is 0 Å². The number of rotatable bonds is 4. The number of hydrogen-bond acceptors (Lipinski definition) is 0. The lowest BCUT2D eigenvalue weighted by atomic mass is 9.92. The van der Waals surface area contributed by atoms with E-state index in [0.717, 1.165) is 12.8 Å². The topological polar surface area (TPSA) is 0 Å². The van der Waals surface area contributed by atoms with Gasteiger partial charge in [0.2, 0.25) is 0 Å². The van der Waals surface area contributed by atoms with Gasteiger partial charge in [-0.1, -0.05) is 45.1 Å². The van der Waals surface area contributed by atoms with Crippen molar-refractivity contribution < 1.29 is 0 Å². The van der Waals surface area contributed by atoms with E-state index in [2.05, 4.69) is 33.9 Å². The summed E-state index contributed by atoms with van der Waals surface area (Å²) in [5.41, 5.74) is 2.60. The smallest absolute Gasteiger partial charge is 0.00270 e. The summed E-state index contributed by atoms with van der Waals surface area (Å²) in [4.78, 5) is 0. The molecule has 0 rings (SSSR count). The fourth-order valence-electron chi connectivity index (χ4n) is 0.901. The van der Waals surface area contributed by atoms with E-state index in [0.29, 0.717) is 5.92 Å². The fourth-order valence-corrected chi connectivity index (χ4v) is 0.901. The molecule has 0 spiro atoms. The highest BCUT2D eigenvalue weighted by molar-refractivity contribution is 5.13. The quantitative estimate of drug-likeness (QED) is 0.521. The van der Waals surface area contributed by atoms with Gasteiger partial charge in [0, 0.05) is 0 Å². The third-order valence-corrected chi connectivity index (χ3v) is 2.13. The van der Waals surface area contributed by atoms with E-state index >= 15 is 0 Å². The van der Waals surface area contributed by atoms with E-state index in [1.165, 1.54) is 11.1 Å². The molecule has 0 bridgehead atoms. The molecule has 0 saturated carbocycles. The molecular weight excluding hydrogens is 120 g/mol. The zero-order valence-electron chi connectivity index (χ0n) is 7.41. The van der Waals surface area contributed by atoms with E-state index in [9.17, 15) is 0 Å². The molecule has 10 heavy (non-hydrogen) atoms. The number of allylic oxidation sites excluding steroid dienone is 2. The number of hydrogen-bond donors (Lipinski definition) is 0. The first kappa shape index (κ1) is 9.48. The highest BCUT2D eigenvalue weighted by Crippen LogP contribution is 2.21. The third kappa shape index (κ3) is 2.38. The van der Waals surface area contributed by atoms with Crippen LogP contribution in [0.3, 0.4) is 0 Å². The van der Waals surface area contributed by atoms with Crippen molar-refractivity contribution in [3.8, 4) is 0 Å². The Bertz CT molecular complexity index is 115. The molecule has 0 aromatic rings. The molecule has 0 aromatic heterocycles. The van der Waals surface area contributed by atoms with Crippen LogP contribution in [0.25, 0.3) is 0 Å². The molecule has 0 fully saturated rings. The molecule has 0 unspecified atom stereocenters. The minimum absolute atomic E-state index is 0.509. The largest absolute Gasteiger partial charge is 0.0993 e. The minimum Gasteiger partial charge on any atom is -0.0993 e. The highest BCUT2D eigenvalue weighted by atomic mass is 14.1. The Hall–Kier alpha value is -0.520. The first-order valence-electron chi connectivity index (χ1n) is 3.98. The molecule has 0 amide bonds. The average Bonchev–Trinajstić information content (AvgIpc) is 2.00. The first-order valence-corrected chi connectivity index (χ1v) is 3.98. The summed E-state index contributed by atoms with van der Waals surface area (Å²) in [6.07, 6.45) is 2.14. The van der Waals surface area contributed by atoms with Gasteiger partial charge in [0.05, 0.1) is 0 Å². The summed E-state index contributed by atoms with van der Waals surface area (Å²) >= 11 is 0. The van der Waals surface area contributed by atoms with Gasteiger partial charge in [0.1, 0.15) is 0 Å². The minimum atomic E-state index is 0.509. The Morgan fingerprint density at radius 1 is 1.10 bits per heavy atom. The summed E-state index contributed by atoms with van der Waals surface area (Å²) in [6, 6.07) is 0. The zero-order chi connectivity index (χ0) is 8.15. The summed E-state index contributed by atoms with van der Waals surface area (Å²) in [7, 11) is 0. The van der Waals surface area contributed by atoms with Crippen LogP contribution in [0.4, 0.5) is 0 Å². The normalized spacial score (nSPS) is 10.0. The van der Waals surface area contributed by atoms with Crippen molar-refractivity contribution in [1.82, 2.24) is 0 Å². The van der Waals surface area contributed by atoms with Gasteiger partial charge in [-0.05, 0) is 18.8 Å². The maximum atomic E-state index is 3.98. The highest BCUT2D eigenvalue weighted by Gasteiger charge is 2.05. The van der Waals surface area contributed by atoms with Crippen LogP contribution in [-0.2, 0) is 0 Å². The molecule has 0 aliphatic rings. The van der Waals surface area contributed by atoms with Crippen molar-refractivity contribution in [3.63, 3.8) is 0 Å². The SMILES string of the molecule is C=C(CC)C(C)C(=C)CC. The lowest BCUT2D eigenvalue weighted by Crippen LogP contribution is -1.99. The average molecular weight is 138 g/mol. The summed E-state index contributed by atoms with van der Waals surface area (Å²) in [6.45, 7) is 14.4. The zero-order valence-corrected chi connectivity index (χ0v) is 7.41. The monoisotopic (exact) mass is 138 g/mol. The lowest BCUT2D eigenvalue weighted by molar-refractivity contribution is 0.736. The molecule has 0 aliphatic carbocycles. The standard InChI is InChI=1S/C10H18/c1-6-8(3)10(5)9(4)7-2/h10H,3-4,6-7H2,1-2,5H3. The van der Waals surface area contributed by atoms with Crippen molar-refractivity contribution in [2.45, 2.75) is 33.6 Å². The Kier molecular flexibility index (Phi) is 4.10. The second-order valence-electron chi connectivity index (χ2n) is 2.75. The van der Waals surface area contributed by atoms with Crippen LogP contribution >= 0.6 is 0 Å². The van der Waals surface area contributed by atoms with Gasteiger partial charge < -0.3 is 0 Å². The molecule has 0 aromatic carbocycles. The first-order chi connectivity index (χ1) is 4.63. The van der Waals surface area contributed by atoms with Crippen LogP contribution in [-0.4, -0.2) is 0 Å². The molecule has 0 atom stereocenters. The van der Waals surface area contributed by atoms with Gasteiger partial charge in [0.15, 0.2) is 0 Å². The Morgan fingerprint density at radius 2 is 1.40 bits per heavy atom. The molecule has 0 heteroatoms. The molecule has 0 N–H and O–H groups in total. The Morgan fingerprint density at radius 3 is 1.60 bits per heavy atom. The summed E-state index contributed by atoms with van der Waals surface area (Å²) < 4.78 is 0. The van der Waals surface area contributed by atoms with E-state index < -0.39 is 0 Å². The molecule has 0 aliphatic heterocycles. The van der Waals surface area contributed by atoms with Gasteiger partial charge >= 0.3 is 0 Å². The van der Waals surface area contributed by atoms with Gasteiger partial charge in [0.25, 0.3) is 0 Å². The van der Waals surface area contributed by atoms with E-state index in [1.807, 2.05) is 0 Å². The predicted octanol–water partition coefficient (Wildman–Crippen LogP) is 3.55. The van der Waals surface area contributed by atoms with E-state index in [1.54, 1.807) is 0 Å². The Labute approximate surface area is 64.6 Å². The fraction of sp³-hybridized carbons (Fsp3) is 0.600. The summed E-state index contributed by atoms with van der Waals surface area (Å²) in [5, 5.41) is 0. The summed E-state index contributed by atoms with van der Waals surface area (Å²) in [5.74, 6) is 0.509. The van der Waals surface area contributed by atoms with Crippen molar-refractivity contribution >= 4 is 0 Å². The molecule has 0 heterocycles. The van der Waals surface area contributed by atoms with E-state index in [-0.39, 0.29) is 0 Å². The van der Waals surface area contributed by atoms with Crippen LogP contribution in [0.2, 0.25) is 0 Å². The van der Waals surface area contributed by atoms with Gasteiger partial charge in [-0.25, -0.2) is 0 Å². The third-order valence-electron chi connectivity index (χ3n) is 2.13. The van der Waals surface area contributed by atoms with Gasteiger partial charge in [-0.2, -0.15) is 0 Å². The van der Waals surface area contributed by atoms with E-state index in [4.69, 9.17) is 0 Å². The van der Waals surface area contributed by atoms with Crippen LogP contribution in [0, 0.1) is 5.92 Å². The lowest BCUT2D eigenvalue weighted by Gasteiger charge is -2.14. The second kappa shape index (κ2) is 4.32. The maximum Gasteiger partial charge on any atom is -0.00270 e. The van der Waals surface area contributed by atoms with Crippen LogP contribution in [0.15, 0.2) is 24.3 Å². The predicted molar refractivity (Wildman–Crippen MR) is 48.0 cm³/mol. The molecule has 58 valence electrons. The Balaban J connectivity index is 3.94. The maximum absolute atomic E-state index is 3.98. The van der Waals surface area contributed by atoms with Crippen LogP contribution in [0.5, 0.6) is 0 Å². The van der Waals surface area contributed by atoms with Crippen LogP contribution < -0.4 is 0 Å². The molecule has 0 radical (unpaired) electrons. The van der Waals surface area contributed by atoms with Crippen LogP contribution in [0.1, 0.15) is 33.6 Å². The second-order valence-corrected chi connectivity index (χ2v) is 2.75. The molecule has 0 nitrogen and oxygen atoms in total. The molecular formula is C10H18. The molecule has 0 saturated heterocycles. The van der Waals surface area contributed by atoms with Crippen molar-refractivity contribution in [2.24, 2.45) is 5.92 Å².